The molecule has 0 bridgehead atoms. The molecule has 36 heavy (non-hydrogen) atoms. The summed E-state index contributed by atoms with van der Waals surface area (Å²) >= 11 is 0. The van der Waals surface area contributed by atoms with E-state index >= 15 is 0 Å². The number of nitrogens with one attached hydrogen (secondary N) is 1. The Hall–Kier alpha value is -3.62. The summed E-state index contributed by atoms with van der Waals surface area (Å²) < 4.78 is 3.78. The number of H-pyrrole nitrogens is 1. The molecule has 1 N–H and O–H groups in total. The summed E-state index contributed by atoms with van der Waals surface area (Å²) in [7, 11) is 0. The van der Waals surface area contributed by atoms with Gasteiger partial charge in [-0.3, -0.25) is 18.9 Å². The van der Waals surface area contributed by atoms with Crippen molar-refractivity contribution in [2.45, 2.75) is 70.9 Å². The molecule has 1 fully saturated rings. The molecule has 1 saturated carbocycles. The number of carbonyl (C=O) groups is 1. The molecule has 1 aliphatic carbocycles. The van der Waals surface area contributed by atoms with Gasteiger partial charge in [-0.25, -0.2) is 4.79 Å². The summed E-state index contributed by atoms with van der Waals surface area (Å²) in [5.74, 6) is 0.868. The van der Waals surface area contributed by atoms with E-state index in [0.717, 1.165) is 42.5 Å². The minimum Gasteiger partial charge on any atom is -0.300 e. The molecular formula is C27H33N7O2. The van der Waals surface area contributed by atoms with Crippen LogP contribution in [0.3, 0.4) is 0 Å². The number of imidazole rings is 1. The van der Waals surface area contributed by atoms with E-state index in [4.69, 9.17) is 0 Å². The number of benzene rings is 1. The van der Waals surface area contributed by atoms with Crippen LogP contribution < -0.4 is 5.69 Å². The van der Waals surface area contributed by atoms with E-state index in [-0.39, 0.29) is 29.4 Å². The number of tetrazole rings is 1. The standard InChI is InChI=1S/C27H33N7O2/c1-4-6-10-21-16-33(24-22(5-2)23(24)18(3)35)26(36)34(21)17-27(11-13-28-14-12-27)20-9-7-8-19(15-20)25-29-31-32-30-25/h7-9,11,13-16,22-24H,4-6,10,12,17H2,1-3H3,(H,29,30,31,32). The fourth-order valence-corrected chi connectivity index (χ4v) is 5.75. The molecule has 0 amide bonds. The largest absolute Gasteiger partial charge is 0.328 e. The number of aliphatic imine (C=N–C) groups is 1. The summed E-state index contributed by atoms with van der Waals surface area (Å²) in [4.78, 5) is 30.5. The third kappa shape index (κ3) is 4.27. The van der Waals surface area contributed by atoms with E-state index in [2.05, 4.69) is 57.7 Å². The van der Waals surface area contributed by atoms with Crippen molar-refractivity contribution in [3.05, 3.63) is 64.5 Å². The van der Waals surface area contributed by atoms with Crippen molar-refractivity contribution >= 4 is 12.0 Å². The van der Waals surface area contributed by atoms with Crippen molar-refractivity contribution < 1.29 is 4.79 Å². The van der Waals surface area contributed by atoms with Gasteiger partial charge >= 0.3 is 5.69 Å². The van der Waals surface area contributed by atoms with Crippen molar-refractivity contribution in [3.8, 4) is 11.4 Å². The fraction of sp³-hybridized carbons (Fsp3) is 0.481. The molecule has 9 heteroatoms. The van der Waals surface area contributed by atoms with E-state index in [1.54, 1.807) is 6.92 Å². The fourth-order valence-electron chi connectivity index (χ4n) is 5.75. The summed E-state index contributed by atoms with van der Waals surface area (Å²) in [5.41, 5.74) is 2.47. The highest BCUT2D eigenvalue weighted by atomic mass is 16.2. The van der Waals surface area contributed by atoms with Gasteiger partial charge in [0.15, 0.2) is 0 Å². The number of hydrogen-bond acceptors (Lipinski definition) is 6. The molecular weight excluding hydrogens is 454 g/mol. The summed E-state index contributed by atoms with van der Waals surface area (Å²) in [5, 5.41) is 14.5. The highest BCUT2D eigenvalue weighted by Gasteiger charge is 2.54. The molecule has 0 spiro atoms. The first-order valence-corrected chi connectivity index (χ1v) is 12.8. The van der Waals surface area contributed by atoms with E-state index in [0.29, 0.717) is 18.8 Å². The van der Waals surface area contributed by atoms with Gasteiger partial charge in [-0.05, 0) is 48.9 Å². The smallest absolute Gasteiger partial charge is 0.300 e. The number of aromatic nitrogens is 6. The molecule has 4 unspecified atom stereocenters. The van der Waals surface area contributed by atoms with E-state index < -0.39 is 5.41 Å². The van der Waals surface area contributed by atoms with E-state index in [1.165, 1.54) is 0 Å². The SMILES string of the molecule is CCCCc1cn(C2C(CC)C2C(C)=O)c(=O)n1CC1(c2cccc(-c3nn[nH]n3)c2)C=CN=CC1. The Morgan fingerprint density at radius 2 is 2.14 bits per heavy atom. The van der Waals surface area contributed by atoms with Crippen LogP contribution in [0.1, 0.15) is 63.8 Å². The van der Waals surface area contributed by atoms with Crippen molar-refractivity contribution in [1.82, 2.24) is 29.8 Å². The molecule has 1 aromatic carbocycles. The topological polar surface area (TPSA) is 111 Å². The Labute approximate surface area is 210 Å². The number of rotatable bonds is 10. The number of nitrogens with zero attached hydrogens (tertiary/aromatic N) is 6. The summed E-state index contributed by atoms with van der Waals surface area (Å²) in [6.07, 6.45) is 12.3. The molecule has 0 radical (unpaired) electrons. The molecule has 4 atom stereocenters. The second-order valence-electron chi connectivity index (χ2n) is 10.0. The van der Waals surface area contributed by atoms with Gasteiger partial charge in [-0.15, -0.1) is 10.2 Å². The highest BCUT2D eigenvalue weighted by molar-refractivity contribution is 5.82. The van der Waals surface area contributed by atoms with Gasteiger partial charge in [0.1, 0.15) is 5.78 Å². The third-order valence-corrected chi connectivity index (χ3v) is 7.78. The molecule has 2 aliphatic rings. The second kappa shape index (κ2) is 9.79. The lowest BCUT2D eigenvalue weighted by atomic mass is 9.76. The first-order chi connectivity index (χ1) is 17.5. The lowest BCUT2D eigenvalue weighted by Crippen LogP contribution is -2.37. The van der Waals surface area contributed by atoms with Gasteiger partial charge in [0.25, 0.3) is 0 Å². The minimum absolute atomic E-state index is 0.0297. The molecule has 0 saturated heterocycles. The first kappa shape index (κ1) is 24.1. The van der Waals surface area contributed by atoms with Crippen LogP contribution in [-0.4, -0.2) is 41.8 Å². The van der Waals surface area contributed by atoms with E-state index in [9.17, 15) is 9.59 Å². The lowest BCUT2D eigenvalue weighted by Gasteiger charge is -2.32. The van der Waals surface area contributed by atoms with Gasteiger partial charge in [0, 0.05) is 47.7 Å². The molecule has 188 valence electrons. The Kier molecular flexibility index (Phi) is 6.55. The van der Waals surface area contributed by atoms with Crippen LogP contribution in [0.5, 0.6) is 0 Å². The van der Waals surface area contributed by atoms with Crippen LogP contribution in [0.15, 0.2) is 52.5 Å². The number of unbranched alkanes of at least 4 members (excludes halogenated alkanes) is 1. The lowest BCUT2D eigenvalue weighted by molar-refractivity contribution is -0.118. The molecule has 9 nitrogen and oxygen atoms in total. The minimum atomic E-state index is -0.452. The molecule has 2 aromatic heterocycles. The molecule has 1 aliphatic heterocycles. The van der Waals surface area contributed by atoms with Crippen molar-refractivity contribution in [1.29, 1.82) is 0 Å². The van der Waals surface area contributed by atoms with Crippen molar-refractivity contribution in [2.75, 3.05) is 0 Å². The average molecular weight is 488 g/mol. The number of carbonyl (C=O) groups excluding carboxylic acids is 1. The zero-order chi connectivity index (χ0) is 25.3. The number of hydrogen-bond donors (Lipinski definition) is 1. The summed E-state index contributed by atoms with van der Waals surface area (Å²) in [6.45, 7) is 6.39. The van der Waals surface area contributed by atoms with Crippen LogP contribution in [0, 0.1) is 11.8 Å². The maximum atomic E-state index is 13.9. The molecule has 3 aromatic rings. The van der Waals surface area contributed by atoms with Gasteiger partial charge in [0.05, 0.1) is 6.04 Å². The number of aryl methyl sites for hydroxylation is 1. The van der Waals surface area contributed by atoms with Crippen LogP contribution in [0.25, 0.3) is 11.4 Å². The van der Waals surface area contributed by atoms with Crippen LogP contribution in [0.4, 0.5) is 0 Å². The van der Waals surface area contributed by atoms with E-state index in [1.807, 2.05) is 39.9 Å². The predicted octanol–water partition coefficient (Wildman–Crippen LogP) is 3.88. The Morgan fingerprint density at radius 1 is 1.28 bits per heavy atom. The maximum absolute atomic E-state index is 13.9. The first-order valence-electron chi connectivity index (χ1n) is 12.8. The van der Waals surface area contributed by atoms with Gasteiger partial charge in [-0.1, -0.05) is 51.0 Å². The monoisotopic (exact) mass is 487 g/mol. The van der Waals surface area contributed by atoms with Crippen molar-refractivity contribution in [2.24, 2.45) is 16.8 Å². The zero-order valence-corrected chi connectivity index (χ0v) is 21.1. The van der Waals surface area contributed by atoms with Gasteiger partial charge in [-0.2, -0.15) is 5.21 Å². The maximum Gasteiger partial charge on any atom is 0.328 e. The number of ketones is 1. The zero-order valence-electron chi connectivity index (χ0n) is 21.1. The molecule has 3 heterocycles. The second-order valence-corrected chi connectivity index (χ2v) is 10.0. The normalized spacial score (nSPS) is 24.8. The Bertz CT molecular complexity index is 1350. The van der Waals surface area contributed by atoms with Gasteiger partial charge in [0.2, 0.25) is 5.82 Å². The predicted molar refractivity (Wildman–Crippen MR) is 138 cm³/mol. The Morgan fingerprint density at radius 3 is 2.78 bits per heavy atom. The molecule has 5 rings (SSSR count). The quantitative estimate of drug-likeness (QED) is 0.466. The average Bonchev–Trinajstić information content (AvgIpc) is 3.21. The van der Waals surface area contributed by atoms with Crippen LogP contribution >= 0.6 is 0 Å². The van der Waals surface area contributed by atoms with Crippen LogP contribution in [-0.2, 0) is 23.2 Å². The van der Waals surface area contributed by atoms with Crippen molar-refractivity contribution in [3.63, 3.8) is 0 Å². The third-order valence-electron chi connectivity index (χ3n) is 7.78. The summed E-state index contributed by atoms with van der Waals surface area (Å²) in [6, 6.07) is 8.06. The number of aromatic amines is 1. The van der Waals surface area contributed by atoms with Crippen LogP contribution in [0.2, 0.25) is 0 Å². The number of allylic oxidation sites excluding steroid dienone is 1. The van der Waals surface area contributed by atoms with Gasteiger partial charge < -0.3 is 0 Å². The highest BCUT2D eigenvalue weighted by Crippen LogP contribution is 2.52. The Balaban J connectivity index is 1.57. The number of Topliss-reactive ketones (excluding diaryl/α,β-unsaturated/α-hetero) is 1.